The lowest BCUT2D eigenvalue weighted by molar-refractivity contribution is 0.277. The van der Waals surface area contributed by atoms with Gasteiger partial charge in [0.1, 0.15) is 0 Å². The van der Waals surface area contributed by atoms with Crippen LogP contribution in [0, 0.1) is 0 Å². The van der Waals surface area contributed by atoms with Crippen molar-refractivity contribution >= 4 is 0 Å². The molecule has 0 radical (unpaired) electrons. The first-order chi connectivity index (χ1) is 10.2. The van der Waals surface area contributed by atoms with Gasteiger partial charge in [-0.1, -0.05) is 0 Å². The van der Waals surface area contributed by atoms with Crippen molar-refractivity contribution in [1.29, 1.82) is 0 Å². The van der Waals surface area contributed by atoms with Gasteiger partial charge in [-0.2, -0.15) is 5.10 Å². The quantitative estimate of drug-likeness (QED) is 0.837. The molecule has 0 fully saturated rings. The van der Waals surface area contributed by atoms with E-state index in [9.17, 15) is 0 Å². The molecule has 21 heavy (non-hydrogen) atoms. The molecule has 0 aliphatic rings. The van der Waals surface area contributed by atoms with Gasteiger partial charge in [0.25, 0.3) is 0 Å². The van der Waals surface area contributed by atoms with Crippen LogP contribution in [-0.2, 0) is 20.0 Å². The van der Waals surface area contributed by atoms with E-state index in [1.807, 2.05) is 31.6 Å². The van der Waals surface area contributed by atoms with Gasteiger partial charge in [-0.3, -0.25) is 4.68 Å². The first-order valence-electron chi connectivity index (χ1n) is 6.73. The molecule has 0 bridgehead atoms. The Kier molecular flexibility index (Phi) is 5.05. The van der Waals surface area contributed by atoms with E-state index in [2.05, 4.69) is 5.10 Å². The summed E-state index contributed by atoms with van der Waals surface area (Å²) in [4.78, 5) is 0. The van der Waals surface area contributed by atoms with E-state index in [0.29, 0.717) is 30.4 Å². The molecular formula is C15H21N3O3. The van der Waals surface area contributed by atoms with E-state index in [1.54, 1.807) is 18.9 Å². The predicted molar refractivity (Wildman–Crippen MR) is 79.8 cm³/mol. The van der Waals surface area contributed by atoms with Crippen LogP contribution in [0.2, 0.25) is 0 Å². The predicted octanol–water partition coefficient (Wildman–Crippen LogP) is 1.52. The van der Waals surface area contributed by atoms with Crippen molar-refractivity contribution in [2.24, 2.45) is 12.8 Å². The Morgan fingerprint density at radius 3 is 2.29 bits per heavy atom. The molecule has 0 unspecified atom stereocenters. The normalized spacial score (nSPS) is 10.5. The summed E-state index contributed by atoms with van der Waals surface area (Å²) >= 11 is 0. The summed E-state index contributed by atoms with van der Waals surface area (Å²) in [5.74, 6) is 1.85. The van der Waals surface area contributed by atoms with Crippen LogP contribution in [0.3, 0.4) is 0 Å². The van der Waals surface area contributed by atoms with E-state index in [-0.39, 0.29) is 0 Å². The summed E-state index contributed by atoms with van der Waals surface area (Å²) in [5, 5.41) is 4.13. The largest absolute Gasteiger partial charge is 0.493 e. The molecule has 0 aliphatic heterocycles. The monoisotopic (exact) mass is 291 g/mol. The Morgan fingerprint density at radius 2 is 1.81 bits per heavy atom. The number of hydrogen-bond donors (Lipinski definition) is 1. The van der Waals surface area contributed by atoms with Crippen LogP contribution in [0.15, 0.2) is 24.5 Å². The molecule has 2 N–H and O–H groups in total. The van der Waals surface area contributed by atoms with Gasteiger partial charge < -0.3 is 19.9 Å². The van der Waals surface area contributed by atoms with E-state index in [4.69, 9.17) is 19.9 Å². The second-order valence-electron chi connectivity index (χ2n) is 4.65. The van der Waals surface area contributed by atoms with E-state index in [1.165, 1.54) is 0 Å². The van der Waals surface area contributed by atoms with Crippen LogP contribution in [0.4, 0.5) is 0 Å². The van der Waals surface area contributed by atoms with Crippen LogP contribution in [0.25, 0.3) is 0 Å². The number of aryl methyl sites for hydroxylation is 1. The van der Waals surface area contributed by atoms with Crippen molar-refractivity contribution in [3.63, 3.8) is 0 Å². The lowest BCUT2D eigenvalue weighted by Gasteiger charge is -2.15. The molecular weight excluding hydrogens is 270 g/mol. The zero-order chi connectivity index (χ0) is 15.2. The standard InChI is InChI=1S/C15H21N3O3/c1-18-10-11(9-17-18)4-5-21-15-13(19-2)6-12(8-16)7-14(15)20-3/h6-7,9-10H,4-5,8,16H2,1-3H3. The van der Waals surface area contributed by atoms with Crippen LogP contribution in [-0.4, -0.2) is 30.6 Å². The number of benzene rings is 1. The SMILES string of the molecule is COc1cc(CN)cc(OC)c1OCCc1cnn(C)c1. The topological polar surface area (TPSA) is 71.5 Å². The van der Waals surface area contributed by atoms with E-state index in [0.717, 1.165) is 17.5 Å². The average molecular weight is 291 g/mol. The van der Waals surface area contributed by atoms with Crippen LogP contribution >= 0.6 is 0 Å². The first-order valence-corrected chi connectivity index (χ1v) is 6.73. The molecule has 0 spiro atoms. The fraction of sp³-hybridized carbons (Fsp3) is 0.400. The minimum Gasteiger partial charge on any atom is -0.493 e. The van der Waals surface area contributed by atoms with Crippen LogP contribution < -0.4 is 19.9 Å². The zero-order valence-electron chi connectivity index (χ0n) is 12.6. The number of hydrogen-bond acceptors (Lipinski definition) is 5. The van der Waals surface area contributed by atoms with Crippen molar-refractivity contribution < 1.29 is 14.2 Å². The highest BCUT2D eigenvalue weighted by molar-refractivity contribution is 5.53. The van der Waals surface area contributed by atoms with Gasteiger partial charge >= 0.3 is 0 Å². The lowest BCUT2D eigenvalue weighted by Crippen LogP contribution is -2.05. The summed E-state index contributed by atoms with van der Waals surface area (Å²) in [6.07, 6.45) is 4.56. The summed E-state index contributed by atoms with van der Waals surface area (Å²) in [6.45, 7) is 0.934. The molecule has 0 saturated carbocycles. The molecule has 114 valence electrons. The second kappa shape index (κ2) is 6.99. The average Bonchev–Trinajstić information content (AvgIpc) is 2.92. The molecule has 0 aliphatic carbocycles. The van der Waals surface area contributed by atoms with Crippen molar-refractivity contribution in [3.05, 3.63) is 35.7 Å². The van der Waals surface area contributed by atoms with Gasteiger partial charge in [0.15, 0.2) is 11.5 Å². The lowest BCUT2D eigenvalue weighted by atomic mass is 10.2. The number of nitrogens with two attached hydrogens (primary N) is 1. The van der Waals surface area contributed by atoms with Crippen LogP contribution in [0.1, 0.15) is 11.1 Å². The van der Waals surface area contributed by atoms with Gasteiger partial charge in [0.05, 0.1) is 27.0 Å². The van der Waals surface area contributed by atoms with Gasteiger partial charge in [-0.15, -0.1) is 0 Å². The van der Waals surface area contributed by atoms with Crippen molar-refractivity contribution in [3.8, 4) is 17.2 Å². The Bertz CT molecular complexity index is 571. The maximum atomic E-state index is 5.83. The maximum Gasteiger partial charge on any atom is 0.203 e. The van der Waals surface area contributed by atoms with E-state index >= 15 is 0 Å². The minimum absolute atomic E-state index is 0.419. The Morgan fingerprint density at radius 1 is 1.14 bits per heavy atom. The zero-order valence-corrected chi connectivity index (χ0v) is 12.6. The summed E-state index contributed by atoms with van der Waals surface area (Å²) < 4.78 is 18.3. The molecule has 6 heteroatoms. The second-order valence-corrected chi connectivity index (χ2v) is 4.65. The third kappa shape index (κ3) is 3.66. The molecule has 1 heterocycles. The van der Waals surface area contributed by atoms with Gasteiger partial charge in [-0.25, -0.2) is 0 Å². The van der Waals surface area contributed by atoms with Gasteiger partial charge in [0, 0.05) is 26.2 Å². The Hall–Kier alpha value is -2.21. The molecule has 6 nitrogen and oxygen atoms in total. The molecule has 2 aromatic rings. The molecule has 2 rings (SSSR count). The minimum atomic E-state index is 0.419. The van der Waals surface area contributed by atoms with Crippen LogP contribution in [0.5, 0.6) is 17.2 Å². The Labute approximate surface area is 124 Å². The Balaban J connectivity index is 2.10. The molecule has 0 atom stereocenters. The highest BCUT2D eigenvalue weighted by Gasteiger charge is 2.14. The number of aromatic nitrogens is 2. The fourth-order valence-electron chi connectivity index (χ4n) is 2.07. The number of methoxy groups -OCH3 is 2. The van der Waals surface area contributed by atoms with Gasteiger partial charge in [-0.05, 0) is 23.3 Å². The fourth-order valence-corrected chi connectivity index (χ4v) is 2.07. The third-order valence-electron chi connectivity index (χ3n) is 3.15. The molecule has 1 aromatic heterocycles. The summed E-state index contributed by atoms with van der Waals surface area (Å²) in [5.41, 5.74) is 7.72. The first kappa shape index (κ1) is 15.2. The number of ether oxygens (including phenoxy) is 3. The van der Waals surface area contributed by atoms with Crippen molar-refractivity contribution in [2.75, 3.05) is 20.8 Å². The maximum absolute atomic E-state index is 5.83. The smallest absolute Gasteiger partial charge is 0.203 e. The highest BCUT2D eigenvalue weighted by Crippen LogP contribution is 2.38. The van der Waals surface area contributed by atoms with Crippen molar-refractivity contribution in [1.82, 2.24) is 9.78 Å². The number of rotatable bonds is 7. The summed E-state index contributed by atoms with van der Waals surface area (Å²) in [6, 6.07) is 3.73. The number of nitrogens with zero attached hydrogens (tertiary/aromatic N) is 2. The summed E-state index contributed by atoms with van der Waals surface area (Å²) in [7, 11) is 5.09. The molecule has 1 aromatic carbocycles. The third-order valence-corrected chi connectivity index (χ3v) is 3.15. The van der Waals surface area contributed by atoms with Crippen molar-refractivity contribution in [2.45, 2.75) is 13.0 Å². The van der Waals surface area contributed by atoms with E-state index < -0.39 is 0 Å². The molecule has 0 saturated heterocycles. The van der Waals surface area contributed by atoms with Gasteiger partial charge in [0.2, 0.25) is 5.75 Å². The molecule has 0 amide bonds. The highest BCUT2D eigenvalue weighted by atomic mass is 16.5.